The molecule has 32 heavy (non-hydrogen) atoms. The van der Waals surface area contributed by atoms with E-state index < -0.39 is 12.1 Å². The van der Waals surface area contributed by atoms with E-state index in [4.69, 9.17) is 14.6 Å². The number of hydrogen-bond acceptors (Lipinski definition) is 6. The van der Waals surface area contributed by atoms with E-state index in [-0.39, 0.29) is 5.41 Å². The van der Waals surface area contributed by atoms with Crippen LogP contribution in [0.3, 0.4) is 0 Å². The van der Waals surface area contributed by atoms with Crippen LogP contribution in [0.5, 0.6) is 0 Å². The Morgan fingerprint density at radius 3 is 2.38 bits per heavy atom. The average molecular weight is 452 g/mol. The second kappa shape index (κ2) is 10.3. The monoisotopic (exact) mass is 452 g/mol. The molecule has 7 nitrogen and oxygen atoms in total. The van der Waals surface area contributed by atoms with Gasteiger partial charge in [-0.25, -0.2) is 14.8 Å². The van der Waals surface area contributed by atoms with Crippen molar-refractivity contribution in [1.82, 2.24) is 14.9 Å². The summed E-state index contributed by atoms with van der Waals surface area (Å²) >= 11 is 0. The summed E-state index contributed by atoms with van der Waals surface area (Å²) in [7, 11) is 1.78. The van der Waals surface area contributed by atoms with Crippen LogP contribution in [0.15, 0.2) is 42.7 Å². The topological polar surface area (TPSA) is 78.8 Å². The van der Waals surface area contributed by atoms with E-state index in [1.807, 2.05) is 18.5 Å². The minimum absolute atomic E-state index is 0.244. The van der Waals surface area contributed by atoms with Crippen molar-refractivity contribution in [3.8, 4) is 0 Å². The van der Waals surface area contributed by atoms with E-state index in [9.17, 15) is 13.2 Å². The van der Waals surface area contributed by atoms with Crippen LogP contribution >= 0.6 is 0 Å². The van der Waals surface area contributed by atoms with E-state index >= 15 is 0 Å². The van der Waals surface area contributed by atoms with Gasteiger partial charge in [0.2, 0.25) is 5.95 Å². The third kappa shape index (κ3) is 5.74. The van der Waals surface area contributed by atoms with Crippen molar-refractivity contribution in [3.63, 3.8) is 0 Å². The molecule has 0 bridgehead atoms. The fourth-order valence-electron chi connectivity index (χ4n) is 4.38. The summed E-state index contributed by atoms with van der Waals surface area (Å²) in [5.74, 6) is -1.90. The number of ether oxygens (including phenoxy) is 1. The molecular weight excluding hydrogens is 425 g/mol. The number of methoxy groups -OCH3 is 1. The maximum atomic E-state index is 10.6. The quantitative estimate of drug-likeness (QED) is 0.764. The third-order valence-electron chi connectivity index (χ3n) is 5.92. The molecule has 1 spiro atoms. The summed E-state index contributed by atoms with van der Waals surface area (Å²) in [6.45, 7) is 5.97. The molecule has 3 heterocycles. The number of piperidine rings is 1. The van der Waals surface area contributed by atoms with Gasteiger partial charge in [0.15, 0.2) is 0 Å². The Balaban J connectivity index is 0.000000360. The SMILES string of the molecule is COCCN1Cc2ccccc2C2(CCN(c3ncccn3)CC2)C1.O=C(O)C(F)(F)F. The molecule has 0 radical (unpaired) electrons. The highest BCUT2D eigenvalue weighted by atomic mass is 19.4. The van der Waals surface area contributed by atoms with Gasteiger partial charge in [-0.3, -0.25) is 4.90 Å². The predicted octanol–water partition coefficient (Wildman–Crippen LogP) is 3.11. The lowest BCUT2D eigenvalue weighted by Gasteiger charge is -2.48. The summed E-state index contributed by atoms with van der Waals surface area (Å²) in [6.07, 6.45) is 0.863. The highest BCUT2D eigenvalue weighted by molar-refractivity contribution is 5.73. The van der Waals surface area contributed by atoms with Gasteiger partial charge in [-0.15, -0.1) is 0 Å². The Morgan fingerprint density at radius 1 is 1.16 bits per heavy atom. The second-order valence-electron chi connectivity index (χ2n) is 7.98. The van der Waals surface area contributed by atoms with Gasteiger partial charge in [0.05, 0.1) is 6.61 Å². The van der Waals surface area contributed by atoms with Crippen molar-refractivity contribution in [2.75, 3.05) is 44.8 Å². The van der Waals surface area contributed by atoms with Crippen molar-refractivity contribution >= 4 is 11.9 Å². The largest absolute Gasteiger partial charge is 0.490 e. The molecule has 2 aromatic rings. The zero-order valence-electron chi connectivity index (χ0n) is 17.9. The lowest BCUT2D eigenvalue weighted by Crippen LogP contribution is -2.52. The maximum Gasteiger partial charge on any atom is 0.490 e. The molecule has 2 aliphatic rings. The molecule has 0 saturated carbocycles. The summed E-state index contributed by atoms with van der Waals surface area (Å²) in [5, 5.41) is 7.12. The minimum Gasteiger partial charge on any atom is -0.475 e. The molecule has 174 valence electrons. The number of aliphatic carboxylic acids is 1. The fraction of sp³-hybridized carbons (Fsp3) is 0.500. The number of fused-ring (bicyclic) bond motifs is 2. The minimum atomic E-state index is -5.08. The molecule has 1 aromatic carbocycles. The molecule has 0 atom stereocenters. The lowest BCUT2D eigenvalue weighted by atomic mass is 9.69. The smallest absolute Gasteiger partial charge is 0.475 e. The van der Waals surface area contributed by atoms with Gasteiger partial charge in [0.25, 0.3) is 0 Å². The standard InChI is InChI=1S/C20H26N4O.C2HF3O2/c1-25-14-13-23-15-17-5-2-3-6-18(17)20(16-23)7-11-24(12-8-20)19-21-9-4-10-22-19;3-2(4,5)1(6)7/h2-6,9-10H,7-8,11-16H2,1H3;(H,6,7). The first-order valence-electron chi connectivity index (χ1n) is 10.4. The summed E-state index contributed by atoms with van der Waals surface area (Å²) in [4.78, 5) is 22.6. The molecule has 0 unspecified atom stereocenters. The van der Waals surface area contributed by atoms with Crippen LogP contribution in [0, 0.1) is 0 Å². The number of aromatic nitrogens is 2. The zero-order chi connectivity index (χ0) is 23.2. The first-order valence-corrected chi connectivity index (χ1v) is 10.4. The fourth-order valence-corrected chi connectivity index (χ4v) is 4.38. The Morgan fingerprint density at radius 2 is 1.78 bits per heavy atom. The predicted molar refractivity (Wildman–Crippen MR) is 112 cm³/mol. The molecule has 4 rings (SSSR count). The number of carboxylic acid groups (broad SMARTS) is 1. The van der Waals surface area contributed by atoms with Crippen LogP contribution in [0.4, 0.5) is 19.1 Å². The van der Waals surface area contributed by atoms with Crippen LogP contribution in [0.1, 0.15) is 24.0 Å². The summed E-state index contributed by atoms with van der Waals surface area (Å²) < 4.78 is 37.1. The van der Waals surface area contributed by atoms with E-state index in [2.05, 4.69) is 44.0 Å². The number of benzene rings is 1. The molecule has 1 aromatic heterocycles. The molecular formula is C22H27F3N4O3. The molecule has 1 fully saturated rings. The van der Waals surface area contributed by atoms with Gasteiger partial charge in [0, 0.05) is 57.6 Å². The first kappa shape index (κ1) is 23.9. The molecule has 2 aliphatic heterocycles. The van der Waals surface area contributed by atoms with Gasteiger partial charge in [-0.2, -0.15) is 13.2 Å². The Hall–Kier alpha value is -2.72. The molecule has 1 N–H and O–H groups in total. The summed E-state index contributed by atoms with van der Waals surface area (Å²) in [5.41, 5.74) is 3.28. The van der Waals surface area contributed by atoms with Gasteiger partial charge in [-0.05, 0) is 30.0 Å². The van der Waals surface area contributed by atoms with Crippen molar-refractivity contribution in [1.29, 1.82) is 0 Å². The number of rotatable bonds is 4. The van der Waals surface area contributed by atoms with Gasteiger partial charge >= 0.3 is 12.1 Å². The number of nitrogens with zero attached hydrogens (tertiary/aromatic N) is 4. The van der Waals surface area contributed by atoms with E-state index in [0.717, 1.165) is 58.1 Å². The second-order valence-corrected chi connectivity index (χ2v) is 7.98. The van der Waals surface area contributed by atoms with E-state index in [0.29, 0.717) is 0 Å². The Kier molecular flexibility index (Phi) is 7.68. The van der Waals surface area contributed by atoms with Crippen LogP contribution in [-0.2, 0) is 21.5 Å². The van der Waals surface area contributed by atoms with Crippen molar-refractivity contribution in [2.45, 2.75) is 31.0 Å². The van der Waals surface area contributed by atoms with Gasteiger partial charge in [0.1, 0.15) is 0 Å². The van der Waals surface area contributed by atoms with Crippen molar-refractivity contribution in [2.24, 2.45) is 0 Å². The maximum absolute atomic E-state index is 10.6. The highest BCUT2D eigenvalue weighted by Crippen LogP contribution is 2.42. The number of anilines is 1. The summed E-state index contributed by atoms with van der Waals surface area (Å²) in [6, 6.07) is 10.9. The normalized spacial score (nSPS) is 17.9. The van der Waals surface area contributed by atoms with Crippen molar-refractivity contribution < 1.29 is 27.8 Å². The molecule has 10 heteroatoms. The molecule has 1 saturated heterocycles. The highest BCUT2D eigenvalue weighted by Gasteiger charge is 2.42. The zero-order valence-corrected chi connectivity index (χ0v) is 17.9. The number of alkyl halides is 3. The van der Waals surface area contributed by atoms with Crippen molar-refractivity contribution in [3.05, 3.63) is 53.9 Å². The Bertz CT molecular complexity index is 887. The Labute approximate surface area is 184 Å². The third-order valence-corrected chi connectivity index (χ3v) is 5.92. The van der Waals surface area contributed by atoms with E-state index in [1.54, 1.807) is 12.7 Å². The first-order chi connectivity index (χ1) is 15.2. The lowest BCUT2D eigenvalue weighted by molar-refractivity contribution is -0.192. The number of carbonyl (C=O) groups is 1. The van der Waals surface area contributed by atoms with Gasteiger partial charge in [-0.1, -0.05) is 24.3 Å². The number of halogens is 3. The average Bonchev–Trinajstić information content (AvgIpc) is 2.79. The number of carboxylic acids is 1. The van der Waals surface area contributed by atoms with Gasteiger partial charge < -0.3 is 14.7 Å². The van der Waals surface area contributed by atoms with Crippen LogP contribution in [0.25, 0.3) is 0 Å². The number of hydrogen-bond donors (Lipinski definition) is 1. The van der Waals surface area contributed by atoms with Crippen LogP contribution < -0.4 is 4.90 Å². The van der Waals surface area contributed by atoms with E-state index in [1.165, 1.54) is 5.56 Å². The van der Waals surface area contributed by atoms with Crippen LogP contribution in [-0.4, -0.2) is 72.0 Å². The van der Waals surface area contributed by atoms with Crippen LogP contribution in [0.2, 0.25) is 0 Å². The molecule has 0 aliphatic carbocycles. The molecule has 0 amide bonds.